The average Bonchev–Trinajstić information content (AvgIpc) is 3.02. The fraction of sp³-hybridized carbons (Fsp3) is 0.722. The van der Waals surface area contributed by atoms with Gasteiger partial charge in [0, 0.05) is 32.4 Å². The average molecular weight is 384 g/mol. The predicted octanol–water partition coefficient (Wildman–Crippen LogP) is 1.60. The number of morpholine rings is 1. The van der Waals surface area contributed by atoms with E-state index in [1.165, 1.54) is 23.0 Å². The number of hydrogen-bond acceptors (Lipinski definition) is 4. The van der Waals surface area contributed by atoms with E-state index < -0.39 is 10.0 Å². The highest BCUT2D eigenvalue weighted by Gasteiger charge is 2.31. The van der Waals surface area contributed by atoms with Gasteiger partial charge in [-0.15, -0.1) is 0 Å². The van der Waals surface area contributed by atoms with Gasteiger partial charge in [-0.1, -0.05) is 26.7 Å². The van der Waals surface area contributed by atoms with E-state index in [0.717, 1.165) is 12.8 Å². The third kappa shape index (κ3) is 3.82. The van der Waals surface area contributed by atoms with E-state index in [9.17, 15) is 13.2 Å². The molecule has 1 N–H and O–H groups in total. The van der Waals surface area contributed by atoms with Crippen LogP contribution in [0.15, 0.2) is 17.2 Å². The predicted molar refractivity (Wildman–Crippen MR) is 98.4 cm³/mol. The first-order chi connectivity index (χ1) is 12.3. The summed E-state index contributed by atoms with van der Waals surface area (Å²) >= 11 is 0. The van der Waals surface area contributed by atoms with Crippen LogP contribution in [-0.4, -0.2) is 55.5 Å². The Bertz CT molecular complexity index is 752. The largest absolute Gasteiger partial charge is 0.379 e. The lowest BCUT2D eigenvalue weighted by molar-refractivity contribution is 0.0730. The zero-order valence-electron chi connectivity index (χ0n) is 15.8. The van der Waals surface area contributed by atoms with Gasteiger partial charge >= 0.3 is 0 Å². The maximum absolute atomic E-state index is 12.8. The molecule has 1 aliphatic carbocycles. The summed E-state index contributed by atoms with van der Waals surface area (Å²) in [5.74, 6) is 0.797. The molecule has 1 saturated carbocycles. The Balaban J connectivity index is 1.76. The monoisotopic (exact) mass is 383 g/mol. The molecule has 3 rings (SSSR count). The van der Waals surface area contributed by atoms with Crippen molar-refractivity contribution in [3.63, 3.8) is 0 Å². The third-order valence-electron chi connectivity index (χ3n) is 5.84. The van der Waals surface area contributed by atoms with Gasteiger partial charge in [-0.2, -0.15) is 4.31 Å². The Hall–Kier alpha value is -1.38. The van der Waals surface area contributed by atoms with Crippen LogP contribution in [0, 0.1) is 11.8 Å². The second-order valence-corrected chi connectivity index (χ2v) is 9.47. The van der Waals surface area contributed by atoms with Crippen LogP contribution < -0.4 is 5.32 Å². The summed E-state index contributed by atoms with van der Waals surface area (Å²) in [7, 11) is -1.89. The van der Waals surface area contributed by atoms with Gasteiger partial charge in [0.05, 0.1) is 13.2 Å². The molecule has 2 fully saturated rings. The summed E-state index contributed by atoms with van der Waals surface area (Å²) in [5.41, 5.74) is 0.377. The number of carbonyl (C=O) groups excluding carboxylic acids is 1. The van der Waals surface area contributed by atoms with E-state index in [2.05, 4.69) is 19.2 Å². The Morgan fingerprint density at radius 1 is 1.23 bits per heavy atom. The van der Waals surface area contributed by atoms with Gasteiger partial charge in [0.15, 0.2) is 0 Å². The standard InChI is InChI=1S/C18H29N3O4S/c1-13-5-4-6-16(14(13)2)19-18(22)17-11-15(12-20(17)3)26(23,24)21-7-9-25-10-8-21/h11-14,16H,4-10H2,1-3H3,(H,19,22)/t13-,14+,16+/m1/s1. The number of sulfonamides is 1. The molecule has 26 heavy (non-hydrogen) atoms. The van der Waals surface area contributed by atoms with Gasteiger partial charge in [0.1, 0.15) is 10.6 Å². The maximum atomic E-state index is 12.8. The molecular formula is C18H29N3O4S. The number of aryl methyl sites for hydroxylation is 1. The number of nitrogens with zero attached hydrogens (tertiary/aromatic N) is 2. The van der Waals surface area contributed by atoms with Crippen LogP contribution >= 0.6 is 0 Å². The molecular weight excluding hydrogens is 354 g/mol. The SMILES string of the molecule is C[C@H]1[C@H](C)CCC[C@@H]1NC(=O)c1cc(S(=O)(=O)N2CCOCC2)cn1C. The van der Waals surface area contributed by atoms with Crippen molar-refractivity contribution in [1.29, 1.82) is 0 Å². The molecule has 1 aromatic heterocycles. The first-order valence-corrected chi connectivity index (χ1v) is 10.8. The highest BCUT2D eigenvalue weighted by atomic mass is 32.2. The van der Waals surface area contributed by atoms with Crippen LogP contribution in [0.1, 0.15) is 43.6 Å². The third-order valence-corrected chi connectivity index (χ3v) is 7.71. The first kappa shape index (κ1) is 19.4. The molecule has 7 nitrogen and oxygen atoms in total. The molecule has 3 atom stereocenters. The first-order valence-electron chi connectivity index (χ1n) is 9.36. The zero-order chi connectivity index (χ0) is 18.9. The van der Waals surface area contributed by atoms with Gasteiger partial charge in [-0.05, 0) is 24.3 Å². The number of nitrogens with one attached hydrogen (secondary N) is 1. The van der Waals surface area contributed by atoms with Crippen molar-refractivity contribution >= 4 is 15.9 Å². The van der Waals surface area contributed by atoms with Crippen LogP contribution in [0.3, 0.4) is 0 Å². The van der Waals surface area contributed by atoms with Gasteiger partial charge in [0.2, 0.25) is 10.0 Å². The van der Waals surface area contributed by atoms with Crippen molar-refractivity contribution in [1.82, 2.24) is 14.2 Å². The molecule has 0 bridgehead atoms. The normalized spacial score (nSPS) is 28.0. The number of amides is 1. The Kier molecular flexibility index (Phi) is 5.74. The fourth-order valence-electron chi connectivity index (χ4n) is 3.87. The van der Waals surface area contributed by atoms with Crippen molar-refractivity contribution in [2.24, 2.45) is 18.9 Å². The molecule has 2 aliphatic rings. The number of rotatable bonds is 4. The molecule has 0 radical (unpaired) electrons. The van der Waals surface area contributed by atoms with E-state index >= 15 is 0 Å². The summed E-state index contributed by atoms with van der Waals surface area (Å²) in [6.07, 6.45) is 4.80. The molecule has 1 amide bonds. The van der Waals surface area contributed by atoms with Crippen molar-refractivity contribution in [2.75, 3.05) is 26.3 Å². The van der Waals surface area contributed by atoms with Crippen LogP contribution in [0.4, 0.5) is 0 Å². The Morgan fingerprint density at radius 2 is 1.92 bits per heavy atom. The van der Waals surface area contributed by atoms with Crippen molar-refractivity contribution in [3.05, 3.63) is 18.0 Å². The van der Waals surface area contributed by atoms with E-state index in [1.807, 2.05) is 0 Å². The highest BCUT2D eigenvalue weighted by Crippen LogP contribution is 2.30. The summed E-state index contributed by atoms with van der Waals surface area (Å²) < 4.78 is 33.8. The van der Waals surface area contributed by atoms with E-state index in [4.69, 9.17) is 4.74 Å². The van der Waals surface area contributed by atoms with E-state index in [-0.39, 0.29) is 16.8 Å². The summed E-state index contributed by atoms with van der Waals surface area (Å²) in [5, 5.41) is 3.11. The molecule has 146 valence electrons. The number of aromatic nitrogens is 1. The number of carbonyl (C=O) groups is 1. The minimum absolute atomic E-state index is 0.139. The molecule has 0 aromatic carbocycles. The van der Waals surface area contributed by atoms with Crippen LogP contribution in [0.5, 0.6) is 0 Å². The minimum atomic E-state index is -3.60. The van der Waals surface area contributed by atoms with Gasteiger partial charge in [0.25, 0.3) is 5.91 Å². The quantitative estimate of drug-likeness (QED) is 0.856. The second kappa shape index (κ2) is 7.70. The van der Waals surface area contributed by atoms with E-state index in [0.29, 0.717) is 43.8 Å². The molecule has 1 saturated heterocycles. The van der Waals surface area contributed by atoms with Crippen molar-refractivity contribution in [3.8, 4) is 0 Å². The number of hydrogen-bond donors (Lipinski definition) is 1. The van der Waals surface area contributed by atoms with Crippen LogP contribution in [0.2, 0.25) is 0 Å². The van der Waals surface area contributed by atoms with Crippen LogP contribution in [0.25, 0.3) is 0 Å². The fourth-order valence-corrected chi connectivity index (χ4v) is 5.34. The van der Waals surface area contributed by atoms with Gasteiger partial charge < -0.3 is 14.6 Å². The molecule has 0 unspecified atom stereocenters. The maximum Gasteiger partial charge on any atom is 0.268 e. The Morgan fingerprint density at radius 3 is 2.62 bits per heavy atom. The Labute approximate surface area is 155 Å². The van der Waals surface area contributed by atoms with Gasteiger partial charge in [-0.25, -0.2) is 8.42 Å². The molecule has 8 heteroatoms. The van der Waals surface area contributed by atoms with Crippen molar-refractivity contribution < 1.29 is 17.9 Å². The zero-order valence-corrected chi connectivity index (χ0v) is 16.6. The molecule has 1 aliphatic heterocycles. The highest BCUT2D eigenvalue weighted by molar-refractivity contribution is 7.89. The lowest BCUT2D eigenvalue weighted by atomic mass is 9.78. The summed E-state index contributed by atoms with van der Waals surface area (Å²) in [6.45, 7) is 5.88. The topological polar surface area (TPSA) is 80.6 Å². The smallest absolute Gasteiger partial charge is 0.268 e. The van der Waals surface area contributed by atoms with Crippen molar-refractivity contribution in [2.45, 2.75) is 44.0 Å². The number of ether oxygens (including phenoxy) is 1. The van der Waals surface area contributed by atoms with Crippen LogP contribution in [-0.2, 0) is 21.8 Å². The molecule has 0 spiro atoms. The second-order valence-electron chi connectivity index (χ2n) is 7.54. The van der Waals surface area contributed by atoms with Gasteiger partial charge in [-0.3, -0.25) is 4.79 Å². The summed E-state index contributed by atoms with van der Waals surface area (Å²) in [4.78, 5) is 12.9. The lowest BCUT2D eigenvalue weighted by Gasteiger charge is -2.34. The minimum Gasteiger partial charge on any atom is -0.379 e. The molecule has 2 heterocycles. The molecule has 1 aromatic rings. The van der Waals surface area contributed by atoms with E-state index in [1.54, 1.807) is 11.6 Å². The lowest BCUT2D eigenvalue weighted by Crippen LogP contribution is -2.44. The summed E-state index contributed by atoms with van der Waals surface area (Å²) in [6, 6.07) is 1.62.